The van der Waals surface area contributed by atoms with Crippen LogP contribution in [0.3, 0.4) is 0 Å². The molecule has 0 heterocycles. The summed E-state index contributed by atoms with van der Waals surface area (Å²) in [4.78, 5) is 11.8. The predicted octanol–water partition coefficient (Wildman–Crippen LogP) is 3.06. The number of carbonyl (C=O) groups is 1. The fraction of sp³-hybridized carbons (Fsp3) is 0.400. The van der Waals surface area contributed by atoms with Crippen molar-refractivity contribution in [1.29, 1.82) is 0 Å². The van der Waals surface area contributed by atoms with Crippen LogP contribution in [0.5, 0.6) is 0 Å². The number of rotatable bonds is 7. The monoisotopic (exact) mass is 248 g/mol. The molecule has 3 heteroatoms. The Kier molecular flexibility index (Phi) is 6.81. The van der Waals surface area contributed by atoms with Crippen molar-refractivity contribution in [3.8, 4) is 0 Å². The normalized spacial score (nSPS) is 11.3. The number of hydrogen-bond acceptors (Lipinski definition) is 3. The van der Waals surface area contributed by atoms with E-state index in [-0.39, 0.29) is 12.6 Å². The van der Waals surface area contributed by atoms with Crippen LogP contribution in [-0.2, 0) is 14.3 Å². The Balaban J connectivity index is 2.77. The Morgan fingerprint density at radius 2 is 1.94 bits per heavy atom. The van der Waals surface area contributed by atoms with Gasteiger partial charge in [-0.25, -0.2) is 4.79 Å². The molecule has 0 spiro atoms. The fourth-order valence-electron chi connectivity index (χ4n) is 1.41. The second kappa shape index (κ2) is 8.48. The fourth-order valence-corrected chi connectivity index (χ4v) is 1.41. The van der Waals surface area contributed by atoms with Crippen molar-refractivity contribution in [3.63, 3.8) is 0 Å². The summed E-state index contributed by atoms with van der Waals surface area (Å²) >= 11 is 0. The smallest absolute Gasteiger partial charge is 0.336 e. The van der Waals surface area contributed by atoms with Crippen LogP contribution in [0.2, 0.25) is 0 Å². The van der Waals surface area contributed by atoms with Crippen molar-refractivity contribution in [2.75, 3.05) is 19.8 Å². The van der Waals surface area contributed by atoms with E-state index in [1.165, 1.54) is 0 Å². The zero-order chi connectivity index (χ0) is 13.2. The third-order valence-electron chi connectivity index (χ3n) is 2.30. The van der Waals surface area contributed by atoms with Gasteiger partial charge < -0.3 is 9.47 Å². The molecule has 1 aromatic carbocycles. The largest absolute Gasteiger partial charge is 0.462 e. The minimum Gasteiger partial charge on any atom is -0.462 e. The SMILES string of the molecule is CCCOC(=O)C(=Cc1ccccc1)COCC. The molecule has 0 aliphatic rings. The molecule has 0 saturated heterocycles. The number of esters is 1. The lowest BCUT2D eigenvalue weighted by atomic mass is 10.1. The molecule has 3 nitrogen and oxygen atoms in total. The maximum Gasteiger partial charge on any atom is 0.336 e. The maximum absolute atomic E-state index is 11.8. The van der Waals surface area contributed by atoms with E-state index < -0.39 is 0 Å². The number of ether oxygens (including phenoxy) is 2. The minimum atomic E-state index is -0.297. The lowest BCUT2D eigenvalue weighted by molar-refractivity contribution is -0.139. The highest BCUT2D eigenvalue weighted by atomic mass is 16.5. The number of benzene rings is 1. The molecule has 0 N–H and O–H groups in total. The number of hydrogen-bond donors (Lipinski definition) is 0. The summed E-state index contributed by atoms with van der Waals surface area (Å²) in [6, 6.07) is 9.69. The summed E-state index contributed by atoms with van der Waals surface area (Å²) in [5, 5.41) is 0. The summed E-state index contributed by atoms with van der Waals surface area (Å²) < 4.78 is 10.4. The van der Waals surface area contributed by atoms with Crippen LogP contribution in [0.1, 0.15) is 25.8 Å². The van der Waals surface area contributed by atoms with Gasteiger partial charge >= 0.3 is 5.97 Å². The quantitative estimate of drug-likeness (QED) is 0.549. The first-order valence-electron chi connectivity index (χ1n) is 6.28. The van der Waals surface area contributed by atoms with Gasteiger partial charge in [0, 0.05) is 6.61 Å². The summed E-state index contributed by atoms with van der Waals surface area (Å²) in [7, 11) is 0. The Bertz CT molecular complexity index is 382. The lowest BCUT2D eigenvalue weighted by Gasteiger charge is -2.08. The second-order valence-electron chi connectivity index (χ2n) is 3.85. The summed E-state index contributed by atoms with van der Waals surface area (Å²) in [5.74, 6) is -0.297. The predicted molar refractivity (Wildman–Crippen MR) is 72.2 cm³/mol. The van der Waals surface area contributed by atoms with Crippen molar-refractivity contribution >= 4 is 12.0 Å². The molecular weight excluding hydrogens is 228 g/mol. The first-order chi connectivity index (χ1) is 8.77. The van der Waals surface area contributed by atoms with Crippen molar-refractivity contribution in [1.82, 2.24) is 0 Å². The molecule has 0 unspecified atom stereocenters. The van der Waals surface area contributed by atoms with Crippen LogP contribution in [0, 0.1) is 0 Å². The van der Waals surface area contributed by atoms with Gasteiger partial charge in [0.25, 0.3) is 0 Å². The van der Waals surface area contributed by atoms with Crippen molar-refractivity contribution in [3.05, 3.63) is 41.5 Å². The highest BCUT2D eigenvalue weighted by Crippen LogP contribution is 2.09. The van der Waals surface area contributed by atoms with Gasteiger partial charge in [0.1, 0.15) is 0 Å². The van der Waals surface area contributed by atoms with Crippen LogP contribution in [0.4, 0.5) is 0 Å². The molecule has 0 fully saturated rings. The van der Waals surface area contributed by atoms with Crippen LogP contribution in [0.15, 0.2) is 35.9 Å². The van der Waals surface area contributed by atoms with E-state index >= 15 is 0 Å². The van der Waals surface area contributed by atoms with Crippen molar-refractivity contribution < 1.29 is 14.3 Å². The molecule has 0 atom stereocenters. The van der Waals surface area contributed by atoms with Gasteiger partial charge in [0.2, 0.25) is 0 Å². The molecule has 0 amide bonds. The second-order valence-corrected chi connectivity index (χ2v) is 3.85. The van der Waals surface area contributed by atoms with Crippen molar-refractivity contribution in [2.24, 2.45) is 0 Å². The molecular formula is C15H20O3. The highest BCUT2D eigenvalue weighted by Gasteiger charge is 2.10. The van der Waals surface area contributed by atoms with Gasteiger partial charge in [-0.2, -0.15) is 0 Å². The van der Waals surface area contributed by atoms with Gasteiger partial charge in [-0.05, 0) is 25.0 Å². The molecule has 0 saturated carbocycles. The van der Waals surface area contributed by atoms with Crippen molar-refractivity contribution in [2.45, 2.75) is 20.3 Å². The topological polar surface area (TPSA) is 35.5 Å². The Morgan fingerprint density at radius 3 is 2.56 bits per heavy atom. The van der Waals surface area contributed by atoms with Crippen LogP contribution in [0.25, 0.3) is 6.08 Å². The van der Waals surface area contributed by atoms with E-state index in [9.17, 15) is 4.79 Å². The standard InChI is InChI=1S/C15H20O3/c1-3-10-18-15(16)14(12-17-4-2)11-13-8-6-5-7-9-13/h5-9,11H,3-4,10,12H2,1-2H3. The van der Waals surface area contributed by atoms with Gasteiger partial charge in [-0.15, -0.1) is 0 Å². The number of carbonyl (C=O) groups excluding carboxylic acids is 1. The van der Waals surface area contributed by atoms with Gasteiger partial charge in [0.15, 0.2) is 0 Å². The highest BCUT2D eigenvalue weighted by molar-refractivity contribution is 5.94. The summed E-state index contributed by atoms with van der Waals surface area (Å²) in [5.41, 5.74) is 1.53. The van der Waals surface area contributed by atoms with Crippen LogP contribution in [-0.4, -0.2) is 25.8 Å². The average Bonchev–Trinajstić information content (AvgIpc) is 2.42. The molecule has 0 aliphatic heterocycles. The Hall–Kier alpha value is -1.61. The Morgan fingerprint density at radius 1 is 1.22 bits per heavy atom. The third kappa shape index (κ3) is 5.15. The average molecular weight is 248 g/mol. The zero-order valence-corrected chi connectivity index (χ0v) is 11.0. The molecule has 0 aliphatic carbocycles. The molecule has 1 rings (SSSR count). The molecule has 18 heavy (non-hydrogen) atoms. The van der Waals surface area contributed by atoms with E-state index in [1.54, 1.807) is 0 Å². The summed E-state index contributed by atoms with van der Waals surface area (Å²) in [6.07, 6.45) is 2.63. The van der Waals surface area contributed by atoms with Gasteiger partial charge in [-0.1, -0.05) is 37.3 Å². The van der Waals surface area contributed by atoms with E-state index in [0.29, 0.717) is 18.8 Å². The van der Waals surface area contributed by atoms with E-state index in [4.69, 9.17) is 9.47 Å². The summed E-state index contributed by atoms with van der Waals surface area (Å²) in [6.45, 7) is 5.17. The third-order valence-corrected chi connectivity index (χ3v) is 2.30. The van der Waals surface area contributed by atoms with Gasteiger partial charge in [-0.3, -0.25) is 0 Å². The zero-order valence-electron chi connectivity index (χ0n) is 11.0. The van der Waals surface area contributed by atoms with Gasteiger partial charge in [0.05, 0.1) is 18.8 Å². The maximum atomic E-state index is 11.8. The molecule has 1 aromatic rings. The van der Waals surface area contributed by atoms with E-state index in [1.807, 2.05) is 50.3 Å². The molecule has 0 radical (unpaired) electrons. The first kappa shape index (κ1) is 14.5. The minimum absolute atomic E-state index is 0.286. The van der Waals surface area contributed by atoms with Crippen LogP contribution >= 0.6 is 0 Å². The van der Waals surface area contributed by atoms with E-state index in [0.717, 1.165) is 12.0 Å². The molecule has 0 bridgehead atoms. The Labute approximate surface area is 108 Å². The molecule has 98 valence electrons. The van der Waals surface area contributed by atoms with Crippen LogP contribution < -0.4 is 0 Å². The molecule has 0 aromatic heterocycles. The lowest BCUT2D eigenvalue weighted by Crippen LogP contribution is -2.13. The van der Waals surface area contributed by atoms with E-state index in [2.05, 4.69) is 0 Å². The first-order valence-corrected chi connectivity index (χ1v) is 6.28.